The fourth-order valence-corrected chi connectivity index (χ4v) is 0.253. The van der Waals surface area contributed by atoms with Crippen LogP contribution in [-0.4, -0.2) is 27.8 Å². The highest BCUT2D eigenvalue weighted by atomic mass is 16.4. The second kappa shape index (κ2) is 4.55. The number of aliphatic carboxylic acids is 1. The van der Waals surface area contributed by atoms with Crippen molar-refractivity contribution in [3.05, 3.63) is 0 Å². The van der Waals surface area contributed by atoms with E-state index >= 15 is 0 Å². The molecule has 0 saturated carbocycles. The number of rotatable bonds is 2. The molecule has 0 bridgehead atoms. The van der Waals surface area contributed by atoms with Crippen molar-refractivity contribution in [2.45, 2.75) is 19.4 Å². The molecule has 0 rings (SSSR count). The van der Waals surface area contributed by atoms with Gasteiger partial charge < -0.3 is 15.7 Å². The van der Waals surface area contributed by atoms with Gasteiger partial charge in [-0.2, -0.15) is 0 Å². The molecule has 0 aliphatic heterocycles. The smallest absolute Gasteiger partial charge is 0.305 e. The van der Waals surface area contributed by atoms with Crippen LogP contribution in [0.3, 0.4) is 0 Å². The summed E-state index contributed by atoms with van der Waals surface area (Å²) in [5, 5.41) is 16.3. The molecule has 8 heavy (non-hydrogen) atoms. The molecule has 0 unspecified atom stereocenters. The molecule has 4 nitrogen and oxygen atoms in total. The standard InChI is InChI=1S/C4H8O3.H2O/c1-3(5)2-4(6)7;/h3,5H,2H2,1H3,(H,6,7);1H2/t3-;/m1./s1. The van der Waals surface area contributed by atoms with Crippen LogP contribution in [0.25, 0.3) is 0 Å². The SMILES string of the molecule is C[C@@H](O)CC(=O)O.O. The summed E-state index contributed by atoms with van der Waals surface area (Å²) in [6.07, 6.45) is -0.891. The van der Waals surface area contributed by atoms with Gasteiger partial charge in [-0.15, -0.1) is 0 Å². The van der Waals surface area contributed by atoms with E-state index in [1.54, 1.807) is 0 Å². The summed E-state index contributed by atoms with van der Waals surface area (Å²) in [7, 11) is 0. The topological polar surface area (TPSA) is 89.0 Å². The molecule has 0 radical (unpaired) electrons. The highest BCUT2D eigenvalue weighted by molar-refractivity contribution is 5.67. The first-order chi connectivity index (χ1) is 3.13. The average Bonchev–Trinajstić information content (AvgIpc) is 1.27. The van der Waals surface area contributed by atoms with Gasteiger partial charge in [-0.1, -0.05) is 0 Å². The van der Waals surface area contributed by atoms with E-state index in [1.165, 1.54) is 6.92 Å². The van der Waals surface area contributed by atoms with Gasteiger partial charge in [0.05, 0.1) is 12.5 Å². The first-order valence-electron chi connectivity index (χ1n) is 2.03. The number of aliphatic hydroxyl groups excluding tert-OH is 1. The van der Waals surface area contributed by atoms with Gasteiger partial charge >= 0.3 is 5.97 Å². The lowest BCUT2D eigenvalue weighted by molar-refractivity contribution is -0.138. The van der Waals surface area contributed by atoms with Crippen molar-refractivity contribution in [1.29, 1.82) is 0 Å². The van der Waals surface area contributed by atoms with Gasteiger partial charge in [-0.05, 0) is 6.92 Å². The largest absolute Gasteiger partial charge is 0.481 e. The lowest BCUT2D eigenvalue weighted by atomic mass is 10.3. The zero-order chi connectivity index (χ0) is 5.86. The zero-order valence-corrected chi connectivity index (χ0v) is 4.59. The van der Waals surface area contributed by atoms with E-state index in [0.717, 1.165) is 0 Å². The number of carboxylic acids is 1. The summed E-state index contributed by atoms with van der Waals surface area (Å²) in [5.74, 6) is -0.963. The molecule has 1 atom stereocenters. The van der Waals surface area contributed by atoms with Crippen LogP contribution in [0, 0.1) is 0 Å². The second-order valence-corrected chi connectivity index (χ2v) is 1.45. The lowest BCUT2D eigenvalue weighted by Gasteiger charge is -1.94. The van der Waals surface area contributed by atoms with E-state index < -0.39 is 12.1 Å². The Kier molecular flexibility index (Phi) is 5.90. The molecule has 0 aliphatic rings. The van der Waals surface area contributed by atoms with E-state index in [1.807, 2.05) is 0 Å². The van der Waals surface area contributed by atoms with E-state index in [0.29, 0.717) is 0 Å². The molecule has 50 valence electrons. The van der Waals surface area contributed by atoms with Gasteiger partial charge in [-0.3, -0.25) is 4.79 Å². The molecule has 0 aromatic rings. The first-order valence-corrected chi connectivity index (χ1v) is 2.03. The Balaban J connectivity index is 0. The molecule has 0 fully saturated rings. The number of carbonyl (C=O) groups is 1. The van der Waals surface area contributed by atoms with Crippen molar-refractivity contribution in [3.8, 4) is 0 Å². The summed E-state index contributed by atoms with van der Waals surface area (Å²) >= 11 is 0. The second-order valence-electron chi connectivity index (χ2n) is 1.45. The highest BCUT2D eigenvalue weighted by Gasteiger charge is 2.00. The Morgan fingerprint density at radius 2 is 2.12 bits per heavy atom. The van der Waals surface area contributed by atoms with Crippen LogP contribution in [0.1, 0.15) is 13.3 Å². The van der Waals surface area contributed by atoms with Gasteiger partial charge in [-0.25, -0.2) is 0 Å². The summed E-state index contributed by atoms with van der Waals surface area (Å²) in [6.45, 7) is 1.44. The Bertz CT molecular complexity index is 68.4. The number of carboxylic acid groups (broad SMARTS) is 1. The van der Waals surface area contributed by atoms with E-state index in [4.69, 9.17) is 10.2 Å². The van der Waals surface area contributed by atoms with Crippen LogP contribution in [0.2, 0.25) is 0 Å². The van der Waals surface area contributed by atoms with E-state index in [2.05, 4.69) is 0 Å². The van der Waals surface area contributed by atoms with Crippen LogP contribution >= 0.6 is 0 Å². The summed E-state index contributed by atoms with van der Waals surface area (Å²) in [6, 6.07) is 0. The molecule has 0 aliphatic carbocycles. The normalized spacial score (nSPS) is 11.8. The Labute approximate surface area is 47.1 Å². The van der Waals surface area contributed by atoms with Crippen molar-refractivity contribution in [3.63, 3.8) is 0 Å². The van der Waals surface area contributed by atoms with Crippen molar-refractivity contribution in [2.75, 3.05) is 0 Å². The maximum Gasteiger partial charge on any atom is 0.305 e. The fraction of sp³-hybridized carbons (Fsp3) is 0.750. The number of hydrogen-bond acceptors (Lipinski definition) is 2. The summed E-state index contributed by atoms with van der Waals surface area (Å²) in [4.78, 5) is 9.65. The quantitative estimate of drug-likeness (QED) is 0.493. The van der Waals surface area contributed by atoms with Crippen LogP contribution in [0.5, 0.6) is 0 Å². The van der Waals surface area contributed by atoms with Crippen molar-refractivity contribution in [1.82, 2.24) is 0 Å². The number of hydrogen-bond donors (Lipinski definition) is 2. The van der Waals surface area contributed by atoms with Gasteiger partial charge in [0.25, 0.3) is 0 Å². The molecule has 0 heterocycles. The third kappa shape index (κ3) is 9.04. The monoisotopic (exact) mass is 122 g/mol. The molecular formula is C4H10O4. The third-order valence-electron chi connectivity index (χ3n) is 0.470. The molecule has 0 saturated heterocycles. The van der Waals surface area contributed by atoms with Gasteiger partial charge in [0.1, 0.15) is 0 Å². The molecule has 0 aromatic heterocycles. The maximum atomic E-state index is 9.65. The summed E-state index contributed by atoms with van der Waals surface area (Å²) in [5.41, 5.74) is 0. The Hall–Kier alpha value is -0.610. The van der Waals surface area contributed by atoms with Crippen molar-refractivity contribution in [2.24, 2.45) is 0 Å². The Morgan fingerprint density at radius 3 is 2.12 bits per heavy atom. The van der Waals surface area contributed by atoms with Gasteiger partial charge in [0.2, 0.25) is 0 Å². The minimum Gasteiger partial charge on any atom is -0.481 e. The number of aliphatic hydroxyl groups is 1. The lowest BCUT2D eigenvalue weighted by Crippen LogP contribution is -2.07. The van der Waals surface area contributed by atoms with Crippen LogP contribution in [0.4, 0.5) is 0 Å². The van der Waals surface area contributed by atoms with E-state index in [9.17, 15) is 4.79 Å². The van der Waals surface area contributed by atoms with Crippen LogP contribution in [0.15, 0.2) is 0 Å². The molecule has 4 heteroatoms. The van der Waals surface area contributed by atoms with Crippen molar-refractivity contribution >= 4 is 5.97 Å². The predicted octanol–water partition coefficient (Wildman–Crippen LogP) is -0.983. The van der Waals surface area contributed by atoms with Crippen LogP contribution < -0.4 is 0 Å². The fourth-order valence-electron chi connectivity index (χ4n) is 0.253. The Morgan fingerprint density at radius 1 is 1.75 bits per heavy atom. The molecule has 0 aromatic carbocycles. The van der Waals surface area contributed by atoms with Gasteiger partial charge in [0, 0.05) is 0 Å². The first kappa shape index (κ1) is 10.4. The minimum absolute atomic E-state index is 0. The molecule has 0 spiro atoms. The third-order valence-corrected chi connectivity index (χ3v) is 0.470. The molecular weight excluding hydrogens is 112 g/mol. The molecule has 0 amide bonds. The average molecular weight is 122 g/mol. The zero-order valence-electron chi connectivity index (χ0n) is 4.59. The van der Waals surface area contributed by atoms with Crippen molar-refractivity contribution < 1.29 is 20.5 Å². The molecule has 4 N–H and O–H groups in total. The summed E-state index contributed by atoms with van der Waals surface area (Å²) < 4.78 is 0. The predicted molar refractivity (Wildman–Crippen MR) is 27.5 cm³/mol. The van der Waals surface area contributed by atoms with Crippen LogP contribution in [-0.2, 0) is 4.79 Å². The maximum absolute atomic E-state index is 9.65. The minimum atomic E-state index is -0.963. The van der Waals surface area contributed by atoms with Gasteiger partial charge in [0.15, 0.2) is 0 Å². The highest BCUT2D eigenvalue weighted by Crippen LogP contribution is 1.85. The van der Waals surface area contributed by atoms with E-state index in [-0.39, 0.29) is 11.9 Å².